The molecule has 8 heteroatoms. The molecule has 2 rings (SSSR count). The number of halogens is 1. The van der Waals surface area contributed by atoms with Gasteiger partial charge in [-0.05, 0) is 62.9 Å². The number of aryl methyl sites for hydroxylation is 3. The number of nitrogens with one attached hydrogen (secondary N) is 2. The lowest BCUT2D eigenvalue weighted by molar-refractivity contribution is -0.129. The van der Waals surface area contributed by atoms with Crippen LogP contribution in [0.2, 0.25) is 5.02 Å². The van der Waals surface area contributed by atoms with Crippen LogP contribution in [-0.4, -0.2) is 28.2 Å². The summed E-state index contributed by atoms with van der Waals surface area (Å²) < 4.78 is 7.45. The van der Waals surface area contributed by atoms with Gasteiger partial charge in [0.15, 0.2) is 0 Å². The van der Waals surface area contributed by atoms with Gasteiger partial charge in [0.2, 0.25) is 11.8 Å². The van der Waals surface area contributed by atoms with Gasteiger partial charge in [-0.2, -0.15) is 5.10 Å². The molecule has 0 atom stereocenters. The molecule has 0 aliphatic heterocycles. The van der Waals surface area contributed by atoms with Gasteiger partial charge < -0.3 is 4.74 Å². The van der Waals surface area contributed by atoms with Crippen LogP contribution in [0.4, 0.5) is 0 Å². The first kappa shape index (κ1) is 21.8. The normalized spacial score (nSPS) is 10.6. The van der Waals surface area contributed by atoms with Gasteiger partial charge in [-0.25, -0.2) is 0 Å². The Kier molecular flexibility index (Phi) is 7.87. The molecule has 7 nitrogen and oxygen atoms in total. The standard InChI is InChI=1S/C20H27ClN4O3/c1-13-12-16(21)7-9-18(13)28-11-5-6-19(26)22-23-20(27)10-8-17-14(2)24-25(4)15(17)3/h7,9,12H,5-6,8,10-11H2,1-4H3,(H,22,26)(H,23,27). The van der Waals surface area contributed by atoms with Crippen LogP contribution >= 0.6 is 11.6 Å². The van der Waals surface area contributed by atoms with Crippen molar-refractivity contribution in [2.45, 2.75) is 46.5 Å². The number of hydrogen-bond donors (Lipinski definition) is 2. The van der Waals surface area contributed by atoms with Crippen LogP contribution in [0.25, 0.3) is 0 Å². The minimum atomic E-state index is -0.251. The Morgan fingerprint density at radius 2 is 1.82 bits per heavy atom. The van der Waals surface area contributed by atoms with E-state index in [0.717, 1.165) is 28.3 Å². The van der Waals surface area contributed by atoms with E-state index in [-0.39, 0.29) is 24.7 Å². The number of nitrogens with zero attached hydrogens (tertiary/aromatic N) is 2. The lowest BCUT2D eigenvalue weighted by atomic mass is 10.1. The highest BCUT2D eigenvalue weighted by Crippen LogP contribution is 2.21. The molecule has 1 aromatic carbocycles. The Hall–Kier alpha value is -2.54. The quantitative estimate of drug-likeness (QED) is 0.521. The molecule has 0 fully saturated rings. The summed E-state index contributed by atoms with van der Waals surface area (Å²) in [5.74, 6) is 0.265. The molecule has 0 saturated heterocycles. The Morgan fingerprint density at radius 1 is 1.14 bits per heavy atom. The van der Waals surface area contributed by atoms with Crippen LogP contribution < -0.4 is 15.6 Å². The fourth-order valence-corrected chi connectivity index (χ4v) is 3.10. The summed E-state index contributed by atoms with van der Waals surface area (Å²) in [5, 5.41) is 4.99. The maximum absolute atomic E-state index is 11.9. The summed E-state index contributed by atoms with van der Waals surface area (Å²) in [5.41, 5.74) is 8.88. The Morgan fingerprint density at radius 3 is 2.43 bits per heavy atom. The van der Waals surface area contributed by atoms with Gasteiger partial charge in [0.25, 0.3) is 0 Å². The van der Waals surface area contributed by atoms with E-state index < -0.39 is 0 Å². The predicted molar refractivity (Wildman–Crippen MR) is 108 cm³/mol. The number of hydrogen-bond acceptors (Lipinski definition) is 4. The van der Waals surface area contributed by atoms with Crippen LogP contribution in [0.5, 0.6) is 5.75 Å². The fraction of sp³-hybridized carbons (Fsp3) is 0.450. The van der Waals surface area contributed by atoms with E-state index in [1.54, 1.807) is 10.7 Å². The summed E-state index contributed by atoms with van der Waals surface area (Å²) in [4.78, 5) is 23.8. The van der Waals surface area contributed by atoms with Gasteiger partial charge in [-0.1, -0.05) is 11.6 Å². The molecule has 0 saturated carbocycles. The average molecular weight is 407 g/mol. The highest BCUT2D eigenvalue weighted by molar-refractivity contribution is 6.30. The summed E-state index contributed by atoms with van der Waals surface area (Å²) in [7, 11) is 1.88. The summed E-state index contributed by atoms with van der Waals surface area (Å²) in [6.07, 6.45) is 1.67. The number of rotatable bonds is 8. The third kappa shape index (κ3) is 6.27. The molecule has 0 radical (unpaired) electrons. The maximum Gasteiger partial charge on any atom is 0.238 e. The largest absolute Gasteiger partial charge is 0.493 e. The first-order valence-electron chi connectivity index (χ1n) is 9.23. The molecule has 1 heterocycles. The Labute approximate surface area is 170 Å². The first-order valence-corrected chi connectivity index (χ1v) is 9.61. The average Bonchev–Trinajstić information content (AvgIpc) is 2.88. The van der Waals surface area contributed by atoms with E-state index in [0.29, 0.717) is 24.5 Å². The highest BCUT2D eigenvalue weighted by atomic mass is 35.5. The van der Waals surface area contributed by atoms with Gasteiger partial charge in [0, 0.05) is 30.6 Å². The number of carbonyl (C=O) groups excluding carboxylic acids is 2. The van der Waals surface area contributed by atoms with E-state index in [4.69, 9.17) is 16.3 Å². The number of hydrazine groups is 1. The van der Waals surface area contributed by atoms with Crippen molar-refractivity contribution in [1.29, 1.82) is 0 Å². The summed E-state index contributed by atoms with van der Waals surface area (Å²) in [6.45, 7) is 6.22. The van der Waals surface area contributed by atoms with Crippen molar-refractivity contribution in [2.75, 3.05) is 6.61 Å². The first-order chi connectivity index (χ1) is 13.3. The number of amides is 2. The molecule has 152 valence electrons. The molecular formula is C20H27ClN4O3. The second-order valence-corrected chi connectivity index (χ2v) is 7.17. The van der Waals surface area contributed by atoms with Crippen LogP contribution in [0.1, 0.15) is 41.8 Å². The van der Waals surface area contributed by atoms with Crippen LogP contribution in [0.15, 0.2) is 18.2 Å². The zero-order valence-electron chi connectivity index (χ0n) is 16.8. The summed E-state index contributed by atoms with van der Waals surface area (Å²) in [6, 6.07) is 5.40. The molecule has 0 aliphatic carbocycles. The highest BCUT2D eigenvalue weighted by Gasteiger charge is 2.12. The molecule has 2 N–H and O–H groups in total. The number of aromatic nitrogens is 2. The molecule has 0 unspecified atom stereocenters. The third-order valence-electron chi connectivity index (χ3n) is 4.55. The number of ether oxygens (including phenoxy) is 1. The SMILES string of the molecule is Cc1cc(Cl)ccc1OCCCC(=O)NNC(=O)CCc1c(C)nn(C)c1C. The van der Waals surface area contributed by atoms with Gasteiger partial charge in [0.05, 0.1) is 12.3 Å². The number of carbonyl (C=O) groups is 2. The van der Waals surface area contributed by atoms with Crippen LogP contribution in [-0.2, 0) is 23.1 Å². The van der Waals surface area contributed by atoms with Crippen molar-refractivity contribution in [3.05, 3.63) is 45.7 Å². The molecule has 0 aliphatic rings. The van der Waals surface area contributed by atoms with Gasteiger partial charge in [-0.15, -0.1) is 0 Å². The van der Waals surface area contributed by atoms with Crippen molar-refractivity contribution in [3.8, 4) is 5.75 Å². The topological polar surface area (TPSA) is 85.2 Å². The minimum absolute atomic E-state index is 0.232. The van der Waals surface area contributed by atoms with E-state index in [1.165, 1.54) is 0 Å². The molecule has 0 bridgehead atoms. The maximum atomic E-state index is 11.9. The van der Waals surface area contributed by atoms with Crippen molar-refractivity contribution < 1.29 is 14.3 Å². The van der Waals surface area contributed by atoms with Crippen molar-refractivity contribution in [2.24, 2.45) is 7.05 Å². The van der Waals surface area contributed by atoms with Gasteiger partial charge in [0.1, 0.15) is 5.75 Å². The second-order valence-electron chi connectivity index (χ2n) is 6.73. The molecule has 2 aromatic rings. The molecule has 1 aromatic heterocycles. The lowest BCUT2D eigenvalue weighted by Crippen LogP contribution is -2.41. The Bertz CT molecular complexity index is 848. The van der Waals surface area contributed by atoms with Crippen LogP contribution in [0, 0.1) is 20.8 Å². The van der Waals surface area contributed by atoms with E-state index >= 15 is 0 Å². The third-order valence-corrected chi connectivity index (χ3v) is 4.78. The number of benzene rings is 1. The predicted octanol–water partition coefficient (Wildman–Crippen LogP) is 2.94. The Balaban J connectivity index is 1.63. The lowest BCUT2D eigenvalue weighted by Gasteiger charge is -2.10. The second kappa shape index (κ2) is 10.1. The zero-order chi connectivity index (χ0) is 20.7. The van der Waals surface area contributed by atoms with E-state index in [9.17, 15) is 9.59 Å². The minimum Gasteiger partial charge on any atom is -0.493 e. The molecule has 28 heavy (non-hydrogen) atoms. The van der Waals surface area contributed by atoms with Gasteiger partial charge >= 0.3 is 0 Å². The van der Waals surface area contributed by atoms with Crippen molar-refractivity contribution in [3.63, 3.8) is 0 Å². The molecular weight excluding hydrogens is 380 g/mol. The smallest absolute Gasteiger partial charge is 0.238 e. The van der Waals surface area contributed by atoms with E-state index in [2.05, 4.69) is 16.0 Å². The zero-order valence-corrected chi connectivity index (χ0v) is 17.5. The van der Waals surface area contributed by atoms with Crippen molar-refractivity contribution >= 4 is 23.4 Å². The van der Waals surface area contributed by atoms with E-state index in [1.807, 2.05) is 40.0 Å². The van der Waals surface area contributed by atoms with Gasteiger partial charge in [-0.3, -0.25) is 25.1 Å². The van der Waals surface area contributed by atoms with Crippen molar-refractivity contribution in [1.82, 2.24) is 20.6 Å². The summed E-state index contributed by atoms with van der Waals surface area (Å²) >= 11 is 5.91. The molecule has 0 spiro atoms. The monoisotopic (exact) mass is 406 g/mol. The van der Waals surface area contributed by atoms with Crippen LogP contribution in [0.3, 0.4) is 0 Å². The fourth-order valence-electron chi connectivity index (χ4n) is 2.87. The molecule has 2 amide bonds.